The summed E-state index contributed by atoms with van der Waals surface area (Å²) in [6, 6.07) is 1.71. The number of carboxylic acids is 1. The van der Waals surface area contributed by atoms with Crippen LogP contribution in [-0.2, 0) is 4.79 Å². The van der Waals surface area contributed by atoms with Gasteiger partial charge in [-0.3, -0.25) is 4.79 Å². The molecule has 6 nitrogen and oxygen atoms in total. The Balaban J connectivity index is 2.60. The Bertz CT molecular complexity index is 371. The number of carbonyl (C=O) groups is 1. The predicted molar refractivity (Wildman–Crippen MR) is 63.3 cm³/mol. The van der Waals surface area contributed by atoms with Crippen LogP contribution < -0.4 is 9.64 Å². The zero-order valence-corrected chi connectivity index (χ0v) is 10.1. The number of nitrogens with zero attached hydrogens (tertiary/aromatic N) is 3. The topological polar surface area (TPSA) is 75.5 Å². The van der Waals surface area contributed by atoms with Gasteiger partial charge in [0.2, 0.25) is 5.88 Å². The molecule has 0 bridgehead atoms. The number of aromatic nitrogens is 2. The Morgan fingerprint density at radius 1 is 1.53 bits per heavy atom. The smallest absolute Gasteiger partial charge is 0.305 e. The van der Waals surface area contributed by atoms with Gasteiger partial charge in [-0.25, -0.2) is 9.97 Å². The third-order valence-corrected chi connectivity index (χ3v) is 2.13. The Morgan fingerprint density at radius 3 is 2.94 bits per heavy atom. The fraction of sp³-hybridized carbons (Fsp3) is 0.545. The van der Waals surface area contributed by atoms with Crippen LogP contribution in [0.25, 0.3) is 0 Å². The van der Waals surface area contributed by atoms with Crippen LogP contribution in [0.4, 0.5) is 5.82 Å². The maximum absolute atomic E-state index is 10.5. The van der Waals surface area contributed by atoms with Gasteiger partial charge in [0.15, 0.2) is 0 Å². The van der Waals surface area contributed by atoms with Gasteiger partial charge in [-0.05, 0) is 6.42 Å². The lowest BCUT2D eigenvalue weighted by Crippen LogP contribution is -2.22. The monoisotopic (exact) mass is 239 g/mol. The Hall–Kier alpha value is -1.85. The van der Waals surface area contributed by atoms with Crippen molar-refractivity contribution in [3.8, 4) is 5.88 Å². The van der Waals surface area contributed by atoms with E-state index >= 15 is 0 Å². The van der Waals surface area contributed by atoms with Crippen molar-refractivity contribution in [3.63, 3.8) is 0 Å². The number of hydrogen-bond acceptors (Lipinski definition) is 5. The summed E-state index contributed by atoms with van der Waals surface area (Å²) in [6.07, 6.45) is 2.40. The molecule has 6 heteroatoms. The molecule has 0 fully saturated rings. The summed E-state index contributed by atoms with van der Waals surface area (Å²) in [6.45, 7) is 3.02. The molecule has 0 radical (unpaired) electrons. The molecule has 0 aliphatic carbocycles. The molecule has 0 saturated heterocycles. The molecule has 0 spiro atoms. The Morgan fingerprint density at radius 2 is 2.29 bits per heavy atom. The molecule has 1 rings (SSSR count). The van der Waals surface area contributed by atoms with Gasteiger partial charge >= 0.3 is 5.97 Å². The maximum Gasteiger partial charge on any atom is 0.305 e. The quantitative estimate of drug-likeness (QED) is 0.770. The van der Waals surface area contributed by atoms with Crippen molar-refractivity contribution < 1.29 is 14.6 Å². The highest BCUT2D eigenvalue weighted by atomic mass is 16.5. The molecule has 0 unspecified atom stereocenters. The normalized spacial score (nSPS) is 10.0. The molecule has 1 aromatic heterocycles. The highest BCUT2D eigenvalue weighted by Gasteiger charge is 2.06. The number of carboxylic acid groups (broad SMARTS) is 1. The molecule has 0 aliphatic rings. The minimum atomic E-state index is -0.826. The molecule has 94 valence electrons. The molecule has 17 heavy (non-hydrogen) atoms. The van der Waals surface area contributed by atoms with Crippen molar-refractivity contribution in [2.45, 2.75) is 19.8 Å². The lowest BCUT2D eigenvalue weighted by Gasteiger charge is -2.17. The van der Waals surface area contributed by atoms with Crippen LogP contribution in [0.15, 0.2) is 12.4 Å². The average Bonchev–Trinajstić information content (AvgIpc) is 2.33. The second-order valence-corrected chi connectivity index (χ2v) is 3.63. The van der Waals surface area contributed by atoms with E-state index in [9.17, 15) is 4.79 Å². The standard InChI is InChI=1S/C11H17N3O3/c1-3-6-17-10-7-9(12-8-13-10)14(2)5-4-11(15)16/h7-8H,3-6H2,1-2H3,(H,15,16). The zero-order valence-electron chi connectivity index (χ0n) is 10.1. The van der Waals surface area contributed by atoms with Gasteiger partial charge < -0.3 is 14.7 Å². The highest BCUT2D eigenvalue weighted by molar-refractivity contribution is 5.67. The van der Waals surface area contributed by atoms with E-state index in [0.717, 1.165) is 6.42 Å². The van der Waals surface area contributed by atoms with Crippen LogP contribution in [0.1, 0.15) is 19.8 Å². The lowest BCUT2D eigenvalue weighted by molar-refractivity contribution is -0.136. The minimum absolute atomic E-state index is 0.0751. The van der Waals surface area contributed by atoms with Crippen LogP contribution in [0.5, 0.6) is 5.88 Å². The largest absolute Gasteiger partial charge is 0.481 e. The summed E-state index contributed by atoms with van der Waals surface area (Å²) in [7, 11) is 1.79. The summed E-state index contributed by atoms with van der Waals surface area (Å²) in [4.78, 5) is 20.3. The molecule has 0 aromatic carbocycles. The van der Waals surface area contributed by atoms with E-state index in [2.05, 4.69) is 9.97 Å². The van der Waals surface area contributed by atoms with Gasteiger partial charge in [0.05, 0.1) is 13.0 Å². The fourth-order valence-electron chi connectivity index (χ4n) is 1.20. The number of rotatable bonds is 7. The van der Waals surface area contributed by atoms with Crippen molar-refractivity contribution in [1.29, 1.82) is 0 Å². The fourth-order valence-corrected chi connectivity index (χ4v) is 1.20. The summed E-state index contributed by atoms with van der Waals surface area (Å²) in [5, 5.41) is 8.60. The molecular formula is C11H17N3O3. The molecule has 1 aromatic rings. The van der Waals surface area contributed by atoms with E-state index in [-0.39, 0.29) is 6.42 Å². The summed E-state index contributed by atoms with van der Waals surface area (Å²) in [5.41, 5.74) is 0. The first-order chi connectivity index (χ1) is 8.13. The van der Waals surface area contributed by atoms with Gasteiger partial charge in [-0.15, -0.1) is 0 Å². The molecule has 0 saturated carbocycles. The number of hydrogen-bond donors (Lipinski definition) is 1. The Labute approximate surface area is 100 Å². The first-order valence-electron chi connectivity index (χ1n) is 5.51. The number of anilines is 1. The second-order valence-electron chi connectivity index (χ2n) is 3.63. The van der Waals surface area contributed by atoms with Crippen LogP contribution in [0, 0.1) is 0 Å². The molecular weight excluding hydrogens is 222 g/mol. The van der Waals surface area contributed by atoms with E-state index in [1.165, 1.54) is 6.33 Å². The van der Waals surface area contributed by atoms with Crippen molar-refractivity contribution in [2.75, 3.05) is 25.1 Å². The first kappa shape index (κ1) is 13.2. The van der Waals surface area contributed by atoms with Crippen LogP contribution in [0.3, 0.4) is 0 Å². The molecule has 0 aliphatic heterocycles. The van der Waals surface area contributed by atoms with Crippen LogP contribution in [-0.4, -0.2) is 41.2 Å². The third-order valence-electron chi connectivity index (χ3n) is 2.13. The highest BCUT2D eigenvalue weighted by Crippen LogP contribution is 2.14. The van der Waals surface area contributed by atoms with Gasteiger partial charge in [-0.1, -0.05) is 6.92 Å². The molecule has 1 N–H and O–H groups in total. The Kier molecular flexibility index (Phi) is 5.19. The summed E-state index contributed by atoms with van der Waals surface area (Å²) < 4.78 is 5.38. The average molecular weight is 239 g/mol. The second kappa shape index (κ2) is 6.67. The minimum Gasteiger partial charge on any atom is -0.481 e. The van der Waals surface area contributed by atoms with E-state index in [4.69, 9.17) is 9.84 Å². The van der Waals surface area contributed by atoms with Gasteiger partial charge in [0.25, 0.3) is 0 Å². The van der Waals surface area contributed by atoms with Crippen molar-refractivity contribution in [3.05, 3.63) is 12.4 Å². The van der Waals surface area contributed by atoms with Gasteiger partial charge in [0.1, 0.15) is 12.1 Å². The molecule has 0 amide bonds. The SMILES string of the molecule is CCCOc1cc(N(C)CCC(=O)O)ncn1. The summed E-state index contributed by atoms with van der Waals surface area (Å²) in [5.74, 6) is 0.347. The van der Waals surface area contributed by atoms with E-state index in [1.807, 2.05) is 6.92 Å². The number of aliphatic carboxylic acids is 1. The van der Waals surface area contributed by atoms with Gasteiger partial charge in [-0.2, -0.15) is 0 Å². The van der Waals surface area contributed by atoms with Gasteiger partial charge in [0, 0.05) is 19.7 Å². The first-order valence-corrected chi connectivity index (χ1v) is 5.51. The van der Waals surface area contributed by atoms with E-state index in [1.54, 1.807) is 18.0 Å². The van der Waals surface area contributed by atoms with E-state index < -0.39 is 5.97 Å². The van der Waals surface area contributed by atoms with Crippen molar-refractivity contribution >= 4 is 11.8 Å². The zero-order chi connectivity index (χ0) is 12.7. The van der Waals surface area contributed by atoms with Crippen LogP contribution >= 0.6 is 0 Å². The number of ether oxygens (including phenoxy) is 1. The van der Waals surface area contributed by atoms with Crippen LogP contribution in [0.2, 0.25) is 0 Å². The molecule has 1 heterocycles. The maximum atomic E-state index is 10.5. The summed E-state index contributed by atoms with van der Waals surface area (Å²) >= 11 is 0. The third kappa shape index (κ3) is 4.67. The van der Waals surface area contributed by atoms with E-state index in [0.29, 0.717) is 24.8 Å². The molecule has 0 atom stereocenters. The van der Waals surface area contributed by atoms with Crippen molar-refractivity contribution in [2.24, 2.45) is 0 Å². The van der Waals surface area contributed by atoms with Crippen molar-refractivity contribution in [1.82, 2.24) is 9.97 Å². The predicted octanol–water partition coefficient (Wildman–Crippen LogP) is 1.18. The lowest BCUT2D eigenvalue weighted by atomic mass is 10.4.